The van der Waals surface area contributed by atoms with Gasteiger partial charge in [-0.1, -0.05) is 12.1 Å². The van der Waals surface area contributed by atoms with Crippen molar-refractivity contribution in [1.82, 2.24) is 10.3 Å². The van der Waals surface area contributed by atoms with Crippen molar-refractivity contribution in [1.29, 1.82) is 0 Å². The molecule has 2 rings (SSSR count). The van der Waals surface area contributed by atoms with E-state index in [0.717, 1.165) is 5.56 Å². The summed E-state index contributed by atoms with van der Waals surface area (Å²) >= 11 is 0. The van der Waals surface area contributed by atoms with Gasteiger partial charge in [-0.3, -0.25) is 4.98 Å². The Hall–Kier alpha value is -2.89. The smallest absolute Gasteiger partial charge is 0.337 e. The molecule has 1 heterocycles. The minimum atomic E-state index is -1.08. The summed E-state index contributed by atoms with van der Waals surface area (Å²) in [5.41, 5.74) is 1.39. The standard InChI is InChI=1S/C15H15N3O3/c19-14(20)12-3-1-2-4-13(12)18-15(21)17-10-7-11-5-8-16-9-6-11/h1-6,8-9H,7,10H2,(H,19,20)(H2,17,18,21). The predicted molar refractivity (Wildman–Crippen MR) is 78.4 cm³/mol. The lowest BCUT2D eigenvalue weighted by Crippen LogP contribution is -2.31. The van der Waals surface area contributed by atoms with Crippen LogP contribution < -0.4 is 10.6 Å². The third-order valence-electron chi connectivity index (χ3n) is 2.85. The highest BCUT2D eigenvalue weighted by atomic mass is 16.4. The van der Waals surface area contributed by atoms with Crippen molar-refractivity contribution in [2.45, 2.75) is 6.42 Å². The van der Waals surface area contributed by atoms with E-state index in [1.165, 1.54) is 6.07 Å². The quantitative estimate of drug-likeness (QED) is 0.785. The maximum atomic E-state index is 11.7. The normalized spacial score (nSPS) is 9.90. The van der Waals surface area contributed by atoms with E-state index in [0.29, 0.717) is 13.0 Å². The number of hydrogen-bond acceptors (Lipinski definition) is 3. The monoisotopic (exact) mass is 285 g/mol. The van der Waals surface area contributed by atoms with E-state index in [-0.39, 0.29) is 11.3 Å². The molecule has 3 N–H and O–H groups in total. The van der Waals surface area contributed by atoms with Gasteiger partial charge in [0.2, 0.25) is 0 Å². The zero-order valence-electron chi connectivity index (χ0n) is 11.2. The van der Waals surface area contributed by atoms with Gasteiger partial charge in [0.25, 0.3) is 0 Å². The molecule has 0 saturated heterocycles. The zero-order chi connectivity index (χ0) is 15.1. The van der Waals surface area contributed by atoms with Gasteiger partial charge in [-0.15, -0.1) is 0 Å². The van der Waals surface area contributed by atoms with Crippen LogP contribution in [-0.2, 0) is 6.42 Å². The van der Waals surface area contributed by atoms with Gasteiger partial charge in [0.15, 0.2) is 0 Å². The molecule has 0 unspecified atom stereocenters. The molecule has 0 fully saturated rings. The topological polar surface area (TPSA) is 91.3 Å². The molecule has 0 aliphatic rings. The molecule has 6 nitrogen and oxygen atoms in total. The van der Waals surface area contributed by atoms with Gasteiger partial charge in [-0.05, 0) is 36.2 Å². The number of carboxylic acids is 1. The number of aromatic carboxylic acids is 1. The highest BCUT2D eigenvalue weighted by molar-refractivity contribution is 5.99. The van der Waals surface area contributed by atoms with Crippen LogP contribution in [0.3, 0.4) is 0 Å². The zero-order valence-corrected chi connectivity index (χ0v) is 11.2. The van der Waals surface area contributed by atoms with Crippen LogP contribution >= 0.6 is 0 Å². The highest BCUT2D eigenvalue weighted by Gasteiger charge is 2.10. The second kappa shape index (κ2) is 7.04. The Balaban J connectivity index is 1.86. The predicted octanol–water partition coefficient (Wildman–Crippen LogP) is 2.14. The average molecular weight is 285 g/mol. The van der Waals surface area contributed by atoms with Crippen LogP contribution in [0.15, 0.2) is 48.8 Å². The van der Waals surface area contributed by atoms with Crippen molar-refractivity contribution in [3.63, 3.8) is 0 Å². The number of carboxylic acid groups (broad SMARTS) is 1. The maximum Gasteiger partial charge on any atom is 0.337 e. The molecular weight excluding hydrogens is 270 g/mol. The number of rotatable bonds is 5. The molecule has 21 heavy (non-hydrogen) atoms. The molecule has 1 aromatic carbocycles. The van der Waals surface area contributed by atoms with Crippen LogP contribution in [0.2, 0.25) is 0 Å². The molecule has 0 aliphatic heterocycles. The minimum absolute atomic E-state index is 0.0572. The van der Waals surface area contributed by atoms with Gasteiger partial charge in [-0.2, -0.15) is 0 Å². The number of amides is 2. The third kappa shape index (κ3) is 4.31. The Kier molecular flexibility index (Phi) is 4.87. The van der Waals surface area contributed by atoms with Crippen LogP contribution in [-0.4, -0.2) is 28.6 Å². The van der Waals surface area contributed by atoms with E-state index in [4.69, 9.17) is 5.11 Å². The van der Waals surface area contributed by atoms with Gasteiger partial charge in [0, 0.05) is 18.9 Å². The van der Waals surface area contributed by atoms with E-state index >= 15 is 0 Å². The number of aromatic nitrogens is 1. The van der Waals surface area contributed by atoms with Crippen molar-refractivity contribution in [2.75, 3.05) is 11.9 Å². The lowest BCUT2D eigenvalue weighted by atomic mass is 10.2. The number of benzene rings is 1. The summed E-state index contributed by atoms with van der Waals surface area (Å²) in [6, 6.07) is 9.58. The van der Waals surface area contributed by atoms with Crippen molar-refractivity contribution >= 4 is 17.7 Å². The van der Waals surface area contributed by atoms with Crippen LogP contribution in [0.1, 0.15) is 15.9 Å². The van der Waals surface area contributed by atoms with E-state index in [1.807, 2.05) is 12.1 Å². The summed E-state index contributed by atoms with van der Waals surface area (Å²) in [7, 11) is 0. The molecule has 0 saturated carbocycles. The van der Waals surface area contributed by atoms with E-state index < -0.39 is 12.0 Å². The van der Waals surface area contributed by atoms with Gasteiger partial charge >= 0.3 is 12.0 Å². The first-order valence-corrected chi connectivity index (χ1v) is 6.43. The first-order chi connectivity index (χ1) is 10.2. The molecular formula is C15H15N3O3. The number of nitrogens with zero attached hydrogens (tertiary/aromatic N) is 1. The van der Waals surface area contributed by atoms with Crippen LogP contribution in [0.5, 0.6) is 0 Å². The van der Waals surface area contributed by atoms with E-state index in [1.54, 1.807) is 30.6 Å². The number of carbonyl (C=O) groups is 2. The average Bonchev–Trinajstić information content (AvgIpc) is 2.48. The Morgan fingerprint density at radius 3 is 2.52 bits per heavy atom. The number of para-hydroxylation sites is 1. The summed E-state index contributed by atoms with van der Waals surface area (Å²) in [5, 5.41) is 14.2. The van der Waals surface area contributed by atoms with Gasteiger partial charge in [0.1, 0.15) is 0 Å². The number of hydrogen-bond donors (Lipinski definition) is 3. The lowest BCUT2D eigenvalue weighted by molar-refractivity contribution is 0.0698. The molecule has 2 amide bonds. The van der Waals surface area contributed by atoms with Crippen molar-refractivity contribution in [2.24, 2.45) is 0 Å². The fourth-order valence-corrected chi connectivity index (χ4v) is 1.81. The number of carbonyl (C=O) groups excluding carboxylic acids is 1. The highest BCUT2D eigenvalue weighted by Crippen LogP contribution is 2.14. The van der Waals surface area contributed by atoms with Crippen LogP contribution in [0, 0.1) is 0 Å². The summed E-state index contributed by atoms with van der Waals surface area (Å²) in [5.74, 6) is -1.08. The number of nitrogens with one attached hydrogen (secondary N) is 2. The van der Waals surface area contributed by atoms with Crippen molar-refractivity contribution < 1.29 is 14.7 Å². The lowest BCUT2D eigenvalue weighted by Gasteiger charge is -2.09. The molecule has 108 valence electrons. The molecule has 0 spiro atoms. The second-order valence-electron chi connectivity index (χ2n) is 4.34. The van der Waals surface area contributed by atoms with Crippen molar-refractivity contribution in [3.05, 3.63) is 59.9 Å². The minimum Gasteiger partial charge on any atom is -0.478 e. The summed E-state index contributed by atoms with van der Waals surface area (Å²) in [6.07, 6.45) is 4.06. The van der Waals surface area contributed by atoms with Gasteiger partial charge in [0.05, 0.1) is 11.3 Å². The Morgan fingerprint density at radius 2 is 1.81 bits per heavy atom. The van der Waals surface area contributed by atoms with Gasteiger partial charge in [-0.25, -0.2) is 9.59 Å². The Bertz CT molecular complexity index is 629. The molecule has 0 radical (unpaired) electrons. The molecule has 0 aliphatic carbocycles. The number of pyridine rings is 1. The second-order valence-corrected chi connectivity index (χ2v) is 4.34. The van der Waals surface area contributed by atoms with Crippen LogP contribution in [0.4, 0.5) is 10.5 Å². The fourth-order valence-electron chi connectivity index (χ4n) is 1.81. The van der Waals surface area contributed by atoms with Gasteiger partial charge < -0.3 is 15.7 Å². The van der Waals surface area contributed by atoms with E-state index in [2.05, 4.69) is 15.6 Å². The Morgan fingerprint density at radius 1 is 1.10 bits per heavy atom. The fraction of sp³-hybridized carbons (Fsp3) is 0.133. The van der Waals surface area contributed by atoms with E-state index in [9.17, 15) is 9.59 Å². The number of anilines is 1. The summed E-state index contributed by atoms with van der Waals surface area (Å²) in [4.78, 5) is 26.7. The summed E-state index contributed by atoms with van der Waals surface area (Å²) < 4.78 is 0. The first kappa shape index (κ1) is 14.5. The molecule has 6 heteroatoms. The largest absolute Gasteiger partial charge is 0.478 e. The molecule has 2 aromatic rings. The summed E-state index contributed by atoms with van der Waals surface area (Å²) in [6.45, 7) is 0.449. The van der Waals surface area contributed by atoms with Crippen LogP contribution in [0.25, 0.3) is 0 Å². The first-order valence-electron chi connectivity index (χ1n) is 6.43. The number of urea groups is 1. The SMILES string of the molecule is O=C(NCCc1ccncc1)Nc1ccccc1C(=O)O. The molecule has 0 atom stereocenters. The molecule has 1 aromatic heterocycles. The maximum absolute atomic E-state index is 11.7. The molecule has 0 bridgehead atoms. The van der Waals surface area contributed by atoms with Crippen molar-refractivity contribution in [3.8, 4) is 0 Å². The Labute approximate surface area is 121 Å². The third-order valence-corrected chi connectivity index (χ3v) is 2.85.